The third kappa shape index (κ3) is 4.61. The molecule has 0 unspecified atom stereocenters. The van der Waals surface area contributed by atoms with Gasteiger partial charge in [-0.2, -0.15) is 0 Å². The summed E-state index contributed by atoms with van der Waals surface area (Å²) in [6.45, 7) is 8.31. The highest BCUT2D eigenvalue weighted by Gasteiger charge is 2.29. The number of nitrogens with one attached hydrogen (secondary N) is 1. The number of carbonyl (C=O) groups excluding carboxylic acids is 2. The maximum absolute atomic E-state index is 11.8. The van der Waals surface area contributed by atoms with Gasteiger partial charge in [-0.25, -0.2) is 0 Å². The van der Waals surface area contributed by atoms with Crippen LogP contribution in [0.5, 0.6) is 0 Å². The minimum absolute atomic E-state index is 0.00519. The van der Waals surface area contributed by atoms with E-state index < -0.39 is 11.8 Å². The van der Waals surface area contributed by atoms with Crippen LogP contribution < -0.4 is 5.32 Å². The molecule has 0 atom stereocenters. The molecule has 0 fully saturated rings. The minimum atomic E-state index is -0.606. The van der Waals surface area contributed by atoms with Gasteiger partial charge in [-0.05, 0) is 34.1 Å². The maximum atomic E-state index is 11.8. The van der Waals surface area contributed by atoms with E-state index in [0.717, 1.165) is 0 Å². The van der Waals surface area contributed by atoms with Crippen LogP contribution in [0.25, 0.3) is 0 Å². The Balaban J connectivity index is 4.35. The van der Waals surface area contributed by atoms with Gasteiger partial charge in [0.1, 0.15) is 0 Å². The predicted molar refractivity (Wildman–Crippen MR) is 61.9 cm³/mol. The van der Waals surface area contributed by atoms with E-state index in [9.17, 15) is 9.59 Å². The Labute approximate surface area is 96.8 Å². The number of aliphatic hydroxyl groups is 1. The lowest BCUT2D eigenvalue weighted by atomic mass is 10.1. The molecule has 2 amide bonds. The molecule has 0 aromatic rings. The first-order valence-electron chi connectivity index (χ1n) is 5.55. The molecular weight excluding hydrogens is 208 g/mol. The normalized spacial score (nSPS) is 11.1. The molecule has 0 heterocycles. The maximum Gasteiger partial charge on any atom is 0.312 e. The highest BCUT2D eigenvalue weighted by molar-refractivity contribution is 6.35. The van der Waals surface area contributed by atoms with Gasteiger partial charge in [0.25, 0.3) is 0 Å². The number of hydrogen-bond acceptors (Lipinski definition) is 3. The zero-order chi connectivity index (χ0) is 12.8. The second-order valence-corrected chi connectivity index (χ2v) is 4.55. The first-order valence-corrected chi connectivity index (χ1v) is 5.55. The van der Waals surface area contributed by atoms with Crippen molar-refractivity contribution in [3.8, 4) is 0 Å². The third-order valence-corrected chi connectivity index (χ3v) is 2.19. The summed E-state index contributed by atoms with van der Waals surface area (Å²) in [5.74, 6) is -1.13. The van der Waals surface area contributed by atoms with Gasteiger partial charge in [0, 0.05) is 25.2 Å². The fourth-order valence-corrected chi connectivity index (χ4v) is 1.40. The number of hydrogen-bond donors (Lipinski definition) is 2. The van der Waals surface area contributed by atoms with E-state index in [1.54, 1.807) is 0 Å². The highest BCUT2D eigenvalue weighted by Crippen LogP contribution is 2.12. The van der Waals surface area contributed by atoms with Gasteiger partial charge >= 0.3 is 11.8 Å². The van der Waals surface area contributed by atoms with Gasteiger partial charge < -0.3 is 15.3 Å². The molecular formula is C11H22N2O3. The van der Waals surface area contributed by atoms with Crippen LogP contribution in [-0.2, 0) is 9.59 Å². The van der Waals surface area contributed by atoms with E-state index in [1.165, 1.54) is 4.90 Å². The van der Waals surface area contributed by atoms with Crippen molar-refractivity contribution in [1.82, 2.24) is 10.2 Å². The van der Waals surface area contributed by atoms with Gasteiger partial charge in [0.15, 0.2) is 0 Å². The second-order valence-electron chi connectivity index (χ2n) is 4.55. The minimum Gasteiger partial charge on any atom is -0.396 e. The van der Waals surface area contributed by atoms with Crippen LogP contribution in [0.4, 0.5) is 0 Å². The zero-order valence-corrected chi connectivity index (χ0v) is 10.5. The lowest BCUT2D eigenvalue weighted by Crippen LogP contribution is -2.51. The van der Waals surface area contributed by atoms with Crippen molar-refractivity contribution in [3.05, 3.63) is 0 Å². The van der Waals surface area contributed by atoms with Crippen LogP contribution in [0, 0.1) is 0 Å². The Morgan fingerprint density at radius 2 is 1.88 bits per heavy atom. The van der Waals surface area contributed by atoms with Crippen LogP contribution in [0.3, 0.4) is 0 Å². The Hall–Kier alpha value is -1.10. The molecule has 5 heteroatoms. The highest BCUT2D eigenvalue weighted by atomic mass is 16.3. The van der Waals surface area contributed by atoms with Crippen molar-refractivity contribution in [2.45, 2.75) is 39.7 Å². The molecule has 0 aromatic heterocycles. The average molecular weight is 230 g/mol. The zero-order valence-electron chi connectivity index (χ0n) is 10.5. The van der Waals surface area contributed by atoms with Crippen LogP contribution in [0.15, 0.2) is 0 Å². The predicted octanol–water partition coefficient (Wildman–Crippen LogP) is 0.132. The van der Waals surface area contributed by atoms with E-state index >= 15 is 0 Å². The molecule has 0 aliphatic rings. The summed E-state index contributed by atoms with van der Waals surface area (Å²) in [5.41, 5.74) is -0.361. The summed E-state index contributed by atoms with van der Waals surface area (Å²) < 4.78 is 0. The standard InChI is InChI=1S/C11H22N2O3/c1-5-13(11(2,3)4)10(16)9(15)12-7-6-8-14/h14H,5-8H2,1-4H3,(H,12,15). The van der Waals surface area contributed by atoms with Gasteiger partial charge in [0.05, 0.1) is 0 Å². The lowest BCUT2D eigenvalue weighted by molar-refractivity contribution is -0.148. The number of likely N-dealkylation sites (N-methyl/N-ethyl adjacent to an activating group) is 1. The molecule has 0 rings (SSSR count). The second kappa shape index (κ2) is 6.48. The molecule has 5 nitrogen and oxygen atoms in total. The smallest absolute Gasteiger partial charge is 0.312 e. The van der Waals surface area contributed by atoms with Crippen molar-refractivity contribution in [2.24, 2.45) is 0 Å². The topological polar surface area (TPSA) is 69.6 Å². The largest absolute Gasteiger partial charge is 0.396 e. The molecule has 0 saturated heterocycles. The molecule has 16 heavy (non-hydrogen) atoms. The quantitative estimate of drug-likeness (QED) is 0.533. The van der Waals surface area contributed by atoms with Crippen LogP contribution in [-0.4, -0.2) is 47.1 Å². The molecule has 0 aliphatic carbocycles. The molecule has 0 bridgehead atoms. The summed E-state index contributed by atoms with van der Waals surface area (Å²) in [5, 5.41) is 11.0. The molecule has 94 valence electrons. The summed E-state index contributed by atoms with van der Waals surface area (Å²) in [6, 6.07) is 0. The first kappa shape index (κ1) is 14.9. The van der Waals surface area contributed by atoms with Crippen LogP contribution in [0.2, 0.25) is 0 Å². The molecule has 0 spiro atoms. The fraction of sp³-hybridized carbons (Fsp3) is 0.818. The monoisotopic (exact) mass is 230 g/mol. The SMILES string of the molecule is CCN(C(=O)C(=O)NCCCO)C(C)(C)C. The van der Waals surface area contributed by atoms with E-state index in [4.69, 9.17) is 5.11 Å². The van der Waals surface area contributed by atoms with Gasteiger partial charge in [-0.1, -0.05) is 0 Å². The summed E-state index contributed by atoms with van der Waals surface area (Å²) in [7, 11) is 0. The Morgan fingerprint density at radius 1 is 1.31 bits per heavy atom. The van der Waals surface area contributed by atoms with Gasteiger partial charge in [0.2, 0.25) is 0 Å². The molecule has 0 saturated carbocycles. The number of rotatable bonds is 4. The number of carbonyl (C=O) groups is 2. The van der Waals surface area contributed by atoms with Crippen molar-refractivity contribution in [1.29, 1.82) is 0 Å². The van der Waals surface area contributed by atoms with E-state index in [-0.39, 0.29) is 12.1 Å². The van der Waals surface area contributed by atoms with Crippen LogP contribution >= 0.6 is 0 Å². The average Bonchev–Trinajstić information content (AvgIpc) is 2.16. The number of nitrogens with zero attached hydrogens (tertiary/aromatic N) is 1. The van der Waals surface area contributed by atoms with E-state index in [1.807, 2.05) is 27.7 Å². The number of amides is 2. The molecule has 0 radical (unpaired) electrons. The van der Waals surface area contributed by atoms with Crippen molar-refractivity contribution in [3.63, 3.8) is 0 Å². The number of aliphatic hydroxyl groups excluding tert-OH is 1. The molecule has 0 aromatic carbocycles. The fourth-order valence-electron chi connectivity index (χ4n) is 1.40. The van der Waals surface area contributed by atoms with Crippen LogP contribution in [0.1, 0.15) is 34.1 Å². The summed E-state index contributed by atoms with van der Waals surface area (Å²) >= 11 is 0. The van der Waals surface area contributed by atoms with Crippen molar-refractivity contribution >= 4 is 11.8 Å². The summed E-state index contributed by atoms with van der Waals surface area (Å²) in [4.78, 5) is 24.8. The molecule has 2 N–H and O–H groups in total. The van der Waals surface area contributed by atoms with Gasteiger partial charge in [-0.15, -0.1) is 0 Å². The van der Waals surface area contributed by atoms with E-state index in [2.05, 4.69) is 5.32 Å². The Morgan fingerprint density at radius 3 is 2.25 bits per heavy atom. The van der Waals surface area contributed by atoms with Crippen molar-refractivity contribution in [2.75, 3.05) is 19.7 Å². The Bertz CT molecular complexity index is 246. The molecule has 0 aliphatic heterocycles. The third-order valence-electron chi connectivity index (χ3n) is 2.19. The van der Waals surface area contributed by atoms with Crippen molar-refractivity contribution < 1.29 is 14.7 Å². The first-order chi connectivity index (χ1) is 7.34. The van der Waals surface area contributed by atoms with Gasteiger partial charge in [-0.3, -0.25) is 9.59 Å². The lowest BCUT2D eigenvalue weighted by Gasteiger charge is -2.34. The van der Waals surface area contributed by atoms with E-state index in [0.29, 0.717) is 19.5 Å². The summed E-state index contributed by atoms with van der Waals surface area (Å²) in [6.07, 6.45) is 0.459. The Kier molecular flexibility index (Phi) is 6.03.